The maximum Gasteiger partial charge on any atom is 0.0448 e. The van der Waals surface area contributed by atoms with Crippen molar-refractivity contribution in [3.8, 4) is 0 Å². The quantitative estimate of drug-likeness (QED) is 0.818. The zero-order valence-corrected chi connectivity index (χ0v) is 10.9. The van der Waals surface area contributed by atoms with Crippen molar-refractivity contribution in [1.29, 1.82) is 0 Å². The molecule has 1 aromatic carbocycles. The molecule has 0 unspecified atom stereocenters. The molecule has 1 aliphatic carbocycles. The van der Waals surface area contributed by atoms with Crippen LogP contribution in [-0.2, 0) is 19.4 Å². The highest BCUT2D eigenvalue weighted by Crippen LogP contribution is 2.23. The van der Waals surface area contributed by atoms with Crippen molar-refractivity contribution in [2.24, 2.45) is 0 Å². The third-order valence-corrected chi connectivity index (χ3v) is 3.67. The van der Waals surface area contributed by atoms with Gasteiger partial charge >= 0.3 is 0 Å². The normalized spacial score (nSPS) is 15.0. The lowest BCUT2D eigenvalue weighted by molar-refractivity contribution is 0.230. The van der Waals surface area contributed by atoms with Crippen molar-refractivity contribution < 1.29 is 5.11 Å². The van der Waals surface area contributed by atoms with E-state index in [1.807, 2.05) is 0 Å². The Hall–Kier alpha value is -0.860. The molecule has 94 valence electrons. The van der Waals surface area contributed by atoms with Gasteiger partial charge in [0.25, 0.3) is 0 Å². The number of aryl methyl sites for hydroxylation is 2. The Morgan fingerprint density at radius 1 is 1.24 bits per heavy atom. The number of benzene rings is 1. The highest BCUT2D eigenvalue weighted by molar-refractivity contribution is 5.35. The molecule has 0 atom stereocenters. The van der Waals surface area contributed by atoms with Crippen LogP contribution in [0.15, 0.2) is 18.2 Å². The number of fused-ring (bicyclic) bond motifs is 1. The number of nitrogens with one attached hydrogen (secondary N) is 1. The molecular formula is C15H23NO. The lowest BCUT2D eigenvalue weighted by Gasteiger charge is -2.25. The lowest BCUT2D eigenvalue weighted by Crippen LogP contribution is -2.39. The minimum absolute atomic E-state index is 0.00770. The van der Waals surface area contributed by atoms with Gasteiger partial charge in [-0.2, -0.15) is 0 Å². The molecular weight excluding hydrogens is 210 g/mol. The average Bonchev–Trinajstić information content (AvgIpc) is 2.73. The van der Waals surface area contributed by atoms with Crippen LogP contribution in [0.25, 0.3) is 0 Å². The van der Waals surface area contributed by atoms with E-state index < -0.39 is 0 Å². The smallest absolute Gasteiger partial charge is 0.0448 e. The Morgan fingerprint density at radius 3 is 2.76 bits per heavy atom. The van der Waals surface area contributed by atoms with Crippen molar-refractivity contribution in [3.05, 3.63) is 34.9 Å². The molecule has 0 bridgehead atoms. The first-order valence-electron chi connectivity index (χ1n) is 6.57. The van der Waals surface area contributed by atoms with Crippen LogP contribution in [0.5, 0.6) is 0 Å². The monoisotopic (exact) mass is 233 g/mol. The molecule has 0 aliphatic heterocycles. The fourth-order valence-corrected chi connectivity index (χ4v) is 2.44. The fourth-order valence-electron chi connectivity index (χ4n) is 2.44. The summed E-state index contributed by atoms with van der Waals surface area (Å²) in [6, 6.07) is 6.84. The molecule has 0 spiro atoms. The number of aliphatic hydroxyl groups excluding tert-OH is 1. The van der Waals surface area contributed by atoms with Crippen molar-refractivity contribution in [2.75, 3.05) is 6.61 Å². The second-order valence-corrected chi connectivity index (χ2v) is 5.67. The summed E-state index contributed by atoms with van der Waals surface area (Å²) in [5.41, 5.74) is 4.43. The topological polar surface area (TPSA) is 32.3 Å². The van der Waals surface area contributed by atoms with E-state index in [2.05, 4.69) is 37.4 Å². The van der Waals surface area contributed by atoms with Gasteiger partial charge in [0.05, 0.1) is 0 Å². The molecule has 2 N–H and O–H groups in total. The summed E-state index contributed by atoms with van der Waals surface area (Å²) in [5, 5.41) is 12.5. The SMILES string of the molecule is CC(C)(CCO)NCc1ccc2c(c1)CCC2. The van der Waals surface area contributed by atoms with Crippen LogP contribution < -0.4 is 5.32 Å². The van der Waals surface area contributed by atoms with Crippen LogP contribution in [-0.4, -0.2) is 17.3 Å². The summed E-state index contributed by atoms with van der Waals surface area (Å²) in [7, 11) is 0. The minimum atomic E-state index is 0.00770. The Balaban J connectivity index is 1.95. The van der Waals surface area contributed by atoms with Gasteiger partial charge in [0.1, 0.15) is 0 Å². The molecule has 0 heterocycles. The number of rotatable bonds is 5. The zero-order valence-electron chi connectivity index (χ0n) is 10.9. The van der Waals surface area contributed by atoms with Crippen LogP contribution in [0.4, 0.5) is 0 Å². The molecule has 2 heteroatoms. The molecule has 0 saturated heterocycles. The highest BCUT2D eigenvalue weighted by atomic mass is 16.3. The second-order valence-electron chi connectivity index (χ2n) is 5.67. The van der Waals surface area contributed by atoms with Crippen molar-refractivity contribution in [2.45, 2.75) is 51.6 Å². The van der Waals surface area contributed by atoms with Crippen molar-refractivity contribution in [1.82, 2.24) is 5.32 Å². The van der Waals surface area contributed by atoms with E-state index in [4.69, 9.17) is 5.11 Å². The summed E-state index contributed by atoms with van der Waals surface area (Å²) < 4.78 is 0. The van der Waals surface area contributed by atoms with Gasteiger partial charge in [-0.05, 0) is 56.2 Å². The maximum atomic E-state index is 8.99. The summed E-state index contributed by atoms with van der Waals surface area (Å²) in [6.45, 7) is 5.40. The summed E-state index contributed by atoms with van der Waals surface area (Å²) >= 11 is 0. The van der Waals surface area contributed by atoms with E-state index in [9.17, 15) is 0 Å². The largest absolute Gasteiger partial charge is 0.396 e. The predicted molar refractivity (Wildman–Crippen MR) is 71.1 cm³/mol. The fraction of sp³-hybridized carbons (Fsp3) is 0.600. The van der Waals surface area contributed by atoms with Crippen LogP contribution >= 0.6 is 0 Å². The van der Waals surface area contributed by atoms with Crippen LogP contribution in [0.3, 0.4) is 0 Å². The minimum Gasteiger partial charge on any atom is -0.396 e. The van der Waals surface area contributed by atoms with Crippen molar-refractivity contribution >= 4 is 0 Å². The van der Waals surface area contributed by atoms with E-state index in [0.29, 0.717) is 0 Å². The van der Waals surface area contributed by atoms with E-state index in [-0.39, 0.29) is 12.1 Å². The van der Waals surface area contributed by atoms with Crippen LogP contribution in [0.1, 0.15) is 43.4 Å². The standard InChI is InChI=1S/C15H23NO/c1-15(2,8-9-17)16-11-12-6-7-13-4-3-5-14(13)10-12/h6-7,10,16-17H,3-5,8-9,11H2,1-2H3. The van der Waals surface area contributed by atoms with Gasteiger partial charge in [0, 0.05) is 18.7 Å². The number of hydrogen-bond donors (Lipinski definition) is 2. The molecule has 2 nitrogen and oxygen atoms in total. The van der Waals surface area contributed by atoms with Gasteiger partial charge in [-0.15, -0.1) is 0 Å². The van der Waals surface area contributed by atoms with Crippen LogP contribution in [0, 0.1) is 0 Å². The molecule has 1 aliphatic rings. The lowest BCUT2D eigenvalue weighted by atomic mass is 10.00. The Kier molecular flexibility index (Phi) is 3.85. The van der Waals surface area contributed by atoms with E-state index in [0.717, 1.165) is 13.0 Å². The zero-order chi connectivity index (χ0) is 12.3. The number of aliphatic hydroxyl groups is 1. The third kappa shape index (κ3) is 3.30. The van der Waals surface area contributed by atoms with Gasteiger partial charge in [0.2, 0.25) is 0 Å². The van der Waals surface area contributed by atoms with E-state index >= 15 is 0 Å². The Bertz CT molecular complexity index is 385. The van der Waals surface area contributed by atoms with Gasteiger partial charge in [-0.3, -0.25) is 0 Å². The third-order valence-electron chi connectivity index (χ3n) is 3.67. The van der Waals surface area contributed by atoms with Gasteiger partial charge in [-0.25, -0.2) is 0 Å². The molecule has 0 saturated carbocycles. The first kappa shape index (κ1) is 12.6. The van der Waals surface area contributed by atoms with Gasteiger partial charge < -0.3 is 10.4 Å². The molecule has 1 aromatic rings. The Morgan fingerprint density at radius 2 is 2.00 bits per heavy atom. The van der Waals surface area contributed by atoms with Gasteiger partial charge in [0.15, 0.2) is 0 Å². The molecule has 0 radical (unpaired) electrons. The number of hydrogen-bond acceptors (Lipinski definition) is 2. The Labute approximate surface area is 104 Å². The van der Waals surface area contributed by atoms with Gasteiger partial charge in [-0.1, -0.05) is 18.2 Å². The first-order chi connectivity index (χ1) is 8.11. The second kappa shape index (κ2) is 5.19. The average molecular weight is 233 g/mol. The summed E-state index contributed by atoms with van der Waals surface area (Å²) in [4.78, 5) is 0. The molecule has 2 rings (SSSR count). The van der Waals surface area contributed by atoms with Crippen LogP contribution in [0.2, 0.25) is 0 Å². The summed E-state index contributed by atoms with van der Waals surface area (Å²) in [5.74, 6) is 0. The maximum absolute atomic E-state index is 8.99. The predicted octanol–water partition coefficient (Wildman–Crippen LogP) is 2.43. The van der Waals surface area contributed by atoms with E-state index in [1.165, 1.54) is 36.0 Å². The highest BCUT2D eigenvalue weighted by Gasteiger charge is 2.16. The molecule has 0 aromatic heterocycles. The summed E-state index contributed by atoms with van der Waals surface area (Å²) in [6.07, 6.45) is 4.59. The molecule has 0 fully saturated rings. The molecule has 0 amide bonds. The first-order valence-corrected chi connectivity index (χ1v) is 6.57. The van der Waals surface area contributed by atoms with E-state index in [1.54, 1.807) is 0 Å². The van der Waals surface area contributed by atoms with Crippen molar-refractivity contribution in [3.63, 3.8) is 0 Å². The molecule has 17 heavy (non-hydrogen) atoms.